The van der Waals surface area contributed by atoms with Crippen molar-refractivity contribution in [3.63, 3.8) is 0 Å². The molecular formula is C21H26N2O4S. The van der Waals surface area contributed by atoms with Crippen molar-refractivity contribution < 1.29 is 17.9 Å². The van der Waals surface area contributed by atoms with E-state index in [9.17, 15) is 13.2 Å². The third-order valence-electron chi connectivity index (χ3n) is 5.00. The van der Waals surface area contributed by atoms with Crippen molar-refractivity contribution in [1.29, 1.82) is 0 Å². The van der Waals surface area contributed by atoms with Crippen LogP contribution in [0.25, 0.3) is 0 Å². The maximum absolute atomic E-state index is 13.1. The van der Waals surface area contributed by atoms with Gasteiger partial charge in [0.1, 0.15) is 5.75 Å². The lowest BCUT2D eigenvalue weighted by atomic mass is 10.0. The van der Waals surface area contributed by atoms with E-state index in [0.717, 1.165) is 24.8 Å². The minimum Gasteiger partial charge on any atom is -0.481 e. The average molecular weight is 403 g/mol. The highest BCUT2D eigenvalue weighted by molar-refractivity contribution is 7.92. The number of carbonyl (C=O) groups is 1. The van der Waals surface area contributed by atoms with Crippen LogP contribution in [0.15, 0.2) is 48.5 Å². The number of benzene rings is 2. The normalized spacial score (nSPS) is 14.9. The van der Waals surface area contributed by atoms with Gasteiger partial charge in [-0.1, -0.05) is 25.1 Å². The number of anilines is 2. The lowest BCUT2D eigenvalue weighted by Crippen LogP contribution is -2.44. The predicted molar refractivity (Wildman–Crippen MR) is 112 cm³/mol. The first-order valence-corrected chi connectivity index (χ1v) is 11.3. The van der Waals surface area contributed by atoms with Gasteiger partial charge in [-0.3, -0.25) is 9.10 Å². The molecule has 2 aromatic carbocycles. The Morgan fingerprint density at radius 3 is 2.50 bits per heavy atom. The number of hydrogen-bond donors (Lipinski definition) is 0. The van der Waals surface area contributed by atoms with E-state index in [0.29, 0.717) is 24.4 Å². The summed E-state index contributed by atoms with van der Waals surface area (Å²) in [6, 6.07) is 14.7. The zero-order valence-electron chi connectivity index (χ0n) is 16.5. The molecule has 0 fully saturated rings. The highest BCUT2D eigenvalue weighted by Gasteiger charge is 2.29. The van der Waals surface area contributed by atoms with E-state index in [2.05, 4.69) is 6.07 Å². The van der Waals surface area contributed by atoms with E-state index < -0.39 is 16.1 Å². The summed E-state index contributed by atoms with van der Waals surface area (Å²) in [4.78, 5) is 14.9. The van der Waals surface area contributed by atoms with Crippen LogP contribution < -0.4 is 13.9 Å². The standard InChI is InChI=1S/C21H26N2O4S/c1-4-20(21(24)23-15-7-9-16-8-5-6-10-19(16)23)27-18-13-11-17(12-14-18)22(2)28(3,25)26/h5-6,8,10-14,20H,4,7,9,15H2,1-3H3/t20-/m1/s1. The summed E-state index contributed by atoms with van der Waals surface area (Å²) in [5.74, 6) is 0.489. The van der Waals surface area contributed by atoms with E-state index in [1.54, 1.807) is 24.3 Å². The summed E-state index contributed by atoms with van der Waals surface area (Å²) < 4.78 is 30.5. The molecule has 3 rings (SSSR count). The Bertz CT molecular complexity index is 941. The smallest absolute Gasteiger partial charge is 0.268 e. The Morgan fingerprint density at radius 1 is 1.18 bits per heavy atom. The van der Waals surface area contributed by atoms with Gasteiger partial charge < -0.3 is 9.64 Å². The van der Waals surface area contributed by atoms with Gasteiger partial charge in [0.2, 0.25) is 10.0 Å². The molecule has 1 amide bonds. The van der Waals surface area contributed by atoms with Gasteiger partial charge in [-0.25, -0.2) is 8.42 Å². The molecule has 28 heavy (non-hydrogen) atoms. The van der Waals surface area contributed by atoms with Crippen LogP contribution in [0.3, 0.4) is 0 Å². The molecule has 0 spiro atoms. The van der Waals surface area contributed by atoms with Crippen molar-refractivity contribution in [1.82, 2.24) is 0 Å². The van der Waals surface area contributed by atoms with E-state index in [4.69, 9.17) is 4.74 Å². The van der Waals surface area contributed by atoms with Crippen molar-refractivity contribution in [2.24, 2.45) is 0 Å². The van der Waals surface area contributed by atoms with Crippen LogP contribution in [0.2, 0.25) is 0 Å². The first kappa shape index (κ1) is 20.2. The summed E-state index contributed by atoms with van der Waals surface area (Å²) in [5.41, 5.74) is 2.69. The molecule has 0 saturated heterocycles. The number of amides is 1. The number of rotatable bonds is 6. The van der Waals surface area contributed by atoms with Gasteiger partial charge in [0, 0.05) is 19.3 Å². The lowest BCUT2D eigenvalue weighted by molar-refractivity contribution is -0.125. The Morgan fingerprint density at radius 2 is 1.86 bits per heavy atom. The Balaban J connectivity index is 1.75. The molecule has 0 radical (unpaired) electrons. The van der Waals surface area contributed by atoms with Gasteiger partial charge >= 0.3 is 0 Å². The van der Waals surface area contributed by atoms with Gasteiger partial charge in [-0.2, -0.15) is 0 Å². The van der Waals surface area contributed by atoms with Gasteiger partial charge in [0.05, 0.1) is 11.9 Å². The topological polar surface area (TPSA) is 66.9 Å². The molecule has 0 N–H and O–H groups in total. The Labute approximate surface area is 166 Å². The quantitative estimate of drug-likeness (QED) is 0.744. The van der Waals surface area contributed by atoms with Gasteiger partial charge in [-0.05, 0) is 55.2 Å². The molecule has 7 heteroatoms. The number of para-hydroxylation sites is 1. The molecule has 0 aliphatic carbocycles. The van der Waals surface area contributed by atoms with Crippen molar-refractivity contribution >= 4 is 27.3 Å². The molecular weight excluding hydrogens is 376 g/mol. The third kappa shape index (κ3) is 4.30. The van der Waals surface area contributed by atoms with E-state index in [1.165, 1.54) is 16.9 Å². The first-order valence-electron chi connectivity index (χ1n) is 9.41. The summed E-state index contributed by atoms with van der Waals surface area (Å²) in [7, 11) is -1.82. The zero-order chi connectivity index (χ0) is 20.3. The van der Waals surface area contributed by atoms with E-state index in [1.807, 2.05) is 30.0 Å². The zero-order valence-corrected chi connectivity index (χ0v) is 17.3. The second-order valence-electron chi connectivity index (χ2n) is 6.96. The molecule has 0 saturated carbocycles. The van der Waals surface area contributed by atoms with Crippen LogP contribution in [0.1, 0.15) is 25.3 Å². The molecule has 0 unspecified atom stereocenters. The van der Waals surface area contributed by atoms with Crippen LogP contribution in [-0.2, 0) is 21.2 Å². The summed E-state index contributed by atoms with van der Waals surface area (Å²) in [5, 5.41) is 0. The third-order valence-corrected chi connectivity index (χ3v) is 6.20. The van der Waals surface area contributed by atoms with Crippen LogP contribution in [0.5, 0.6) is 5.75 Å². The number of nitrogens with zero attached hydrogens (tertiary/aromatic N) is 2. The maximum atomic E-state index is 13.1. The molecule has 1 aliphatic rings. The number of hydrogen-bond acceptors (Lipinski definition) is 4. The molecule has 1 aliphatic heterocycles. The number of sulfonamides is 1. The second-order valence-corrected chi connectivity index (χ2v) is 8.98. The molecule has 150 valence electrons. The SMILES string of the molecule is CC[C@@H](Oc1ccc(N(C)S(C)(=O)=O)cc1)C(=O)N1CCCc2ccccc21. The van der Waals surface area contributed by atoms with Gasteiger partial charge in [-0.15, -0.1) is 0 Å². The molecule has 2 aromatic rings. The Hall–Kier alpha value is -2.54. The van der Waals surface area contributed by atoms with Crippen LogP contribution in [-0.4, -0.2) is 40.3 Å². The number of aryl methyl sites for hydroxylation is 1. The van der Waals surface area contributed by atoms with Crippen LogP contribution in [0.4, 0.5) is 11.4 Å². The number of fused-ring (bicyclic) bond motifs is 1. The van der Waals surface area contributed by atoms with Crippen LogP contribution >= 0.6 is 0 Å². The molecule has 0 aromatic heterocycles. The molecule has 1 heterocycles. The fourth-order valence-electron chi connectivity index (χ4n) is 3.34. The van der Waals surface area contributed by atoms with E-state index >= 15 is 0 Å². The van der Waals surface area contributed by atoms with Crippen molar-refractivity contribution in [3.8, 4) is 5.75 Å². The largest absolute Gasteiger partial charge is 0.481 e. The summed E-state index contributed by atoms with van der Waals surface area (Å²) in [6.45, 7) is 2.61. The highest BCUT2D eigenvalue weighted by Crippen LogP contribution is 2.28. The minimum atomic E-state index is -3.32. The number of carbonyl (C=O) groups excluding carboxylic acids is 1. The van der Waals surface area contributed by atoms with Gasteiger partial charge in [0.25, 0.3) is 5.91 Å². The second kappa shape index (κ2) is 8.22. The van der Waals surface area contributed by atoms with Crippen molar-refractivity contribution in [3.05, 3.63) is 54.1 Å². The highest BCUT2D eigenvalue weighted by atomic mass is 32.2. The monoisotopic (exact) mass is 402 g/mol. The van der Waals surface area contributed by atoms with Crippen LogP contribution in [0, 0.1) is 0 Å². The number of ether oxygens (including phenoxy) is 1. The lowest BCUT2D eigenvalue weighted by Gasteiger charge is -2.32. The fraction of sp³-hybridized carbons (Fsp3) is 0.381. The minimum absolute atomic E-state index is 0.0491. The van der Waals surface area contributed by atoms with E-state index in [-0.39, 0.29) is 5.91 Å². The average Bonchev–Trinajstić information content (AvgIpc) is 2.70. The van der Waals surface area contributed by atoms with Crippen molar-refractivity contribution in [2.45, 2.75) is 32.3 Å². The predicted octanol–water partition coefficient (Wildman–Crippen LogP) is 3.22. The summed E-state index contributed by atoms with van der Waals surface area (Å²) >= 11 is 0. The first-order chi connectivity index (χ1) is 13.3. The van der Waals surface area contributed by atoms with Crippen molar-refractivity contribution in [2.75, 3.05) is 29.1 Å². The molecule has 6 nitrogen and oxygen atoms in total. The molecule has 1 atom stereocenters. The summed E-state index contributed by atoms with van der Waals surface area (Å²) in [6.07, 6.45) is 3.02. The maximum Gasteiger partial charge on any atom is 0.268 e. The Kier molecular flexibility index (Phi) is 5.93. The van der Waals surface area contributed by atoms with Gasteiger partial charge in [0.15, 0.2) is 6.10 Å². The fourth-order valence-corrected chi connectivity index (χ4v) is 3.84. The molecule has 0 bridgehead atoms.